The van der Waals surface area contributed by atoms with E-state index in [9.17, 15) is 4.79 Å². The summed E-state index contributed by atoms with van der Waals surface area (Å²) in [5, 5.41) is 3.32. The molecule has 1 rings (SSSR count). The van der Waals surface area contributed by atoms with E-state index < -0.39 is 0 Å². The van der Waals surface area contributed by atoms with Gasteiger partial charge in [-0.3, -0.25) is 4.79 Å². The van der Waals surface area contributed by atoms with Crippen molar-refractivity contribution in [2.45, 2.75) is 25.1 Å². The van der Waals surface area contributed by atoms with Crippen molar-refractivity contribution in [1.82, 2.24) is 5.32 Å². The minimum absolute atomic E-state index is 0.0415. The van der Waals surface area contributed by atoms with E-state index in [1.54, 1.807) is 18.9 Å². The Balaban J connectivity index is 2.33. The molecule has 1 amide bonds. The lowest BCUT2D eigenvalue weighted by Gasteiger charge is -2.11. The molecule has 0 aliphatic carbocycles. The molecule has 0 aliphatic rings. The topological polar surface area (TPSA) is 64.3 Å². The van der Waals surface area contributed by atoms with Gasteiger partial charge in [0.1, 0.15) is 5.75 Å². The minimum atomic E-state index is 0.0415. The second-order valence-electron chi connectivity index (χ2n) is 4.29. The van der Waals surface area contributed by atoms with Crippen molar-refractivity contribution in [1.29, 1.82) is 0 Å². The highest BCUT2D eigenvalue weighted by Gasteiger charge is 2.07. The molecule has 106 valence electrons. The van der Waals surface area contributed by atoms with E-state index in [-0.39, 0.29) is 5.91 Å². The number of hydrogen-bond acceptors (Lipinski definition) is 4. The van der Waals surface area contributed by atoms with Crippen LogP contribution in [0.15, 0.2) is 24.3 Å². The maximum Gasteiger partial charge on any atom is 0.230 e. The van der Waals surface area contributed by atoms with Gasteiger partial charge in [-0.1, -0.05) is 25.1 Å². The lowest BCUT2D eigenvalue weighted by Crippen LogP contribution is -2.25. The average Bonchev–Trinajstić information content (AvgIpc) is 2.43. The maximum atomic E-state index is 11.7. The van der Waals surface area contributed by atoms with Crippen LogP contribution in [0.4, 0.5) is 0 Å². The Hall–Kier alpha value is -1.20. The van der Waals surface area contributed by atoms with Gasteiger partial charge >= 0.3 is 0 Å². The summed E-state index contributed by atoms with van der Waals surface area (Å²) in [5.74, 6) is 1.31. The summed E-state index contributed by atoms with van der Waals surface area (Å²) in [4.78, 5) is 11.7. The fraction of sp³-hybridized carbons (Fsp3) is 0.500. The molecule has 1 unspecified atom stereocenters. The van der Waals surface area contributed by atoms with Crippen LogP contribution in [0.25, 0.3) is 0 Å². The van der Waals surface area contributed by atoms with Gasteiger partial charge in [0.05, 0.1) is 12.9 Å². The monoisotopic (exact) mass is 282 g/mol. The maximum absolute atomic E-state index is 11.7. The molecule has 0 bridgehead atoms. The number of benzene rings is 1. The normalized spacial score (nSPS) is 11.9. The Morgan fingerprint density at radius 3 is 2.89 bits per heavy atom. The zero-order chi connectivity index (χ0) is 14.1. The van der Waals surface area contributed by atoms with Crippen LogP contribution in [0.3, 0.4) is 0 Å². The predicted molar refractivity (Wildman–Crippen MR) is 80.4 cm³/mol. The Morgan fingerprint density at radius 2 is 2.21 bits per heavy atom. The quantitative estimate of drug-likeness (QED) is 0.763. The van der Waals surface area contributed by atoms with Gasteiger partial charge in [0.15, 0.2) is 0 Å². The van der Waals surface area contributed by atoms with E-state index in [0.717, 1.165) is 17.7 Å². The molecule has 0 heterocycles. The number of hydrogen-bond donors (Lipinski definition) is 2. The van der Waals surface area contributed by atoms with Crippen molar-refractivity contribution in [3.8, 4) is 5.75 Å². The molecule has 0 saturated heterocycles. The predicted octanol–water partition coefficient (Wildman–Crippen LogP) is 1.78. The van der Waals surface area contributed by atoms with Gasteiger partial charge in [0.2, 0.25) is 5.91 Å². The number of amides is 1. The van der Waals surface area contributed by atoms with Crippen molar-refractivity contribution >= 4 is 17.7 Å². The van der Waals surface area contributed by atoms with Crippen molar-refractivity contribution < 1.29 is 9.53 Å². The first-order chi connectivity index (χ1) is 9.17. The molecular weight excluding hydrogens is 260 g/mol. The molecule has 1 atom stereocenters. The van der Waals surface area contributed by atoms with E-state index in [0.29, 0.717) is 24.1 Å². The van der Waals surface area contributed by atoms with Crippen LogP contribution in [0, 0.1) is 0 Å². The van der Waals surface area contributed by atoms with Crippen LogP contribution in [-0.4, -0.2) is 30.6 Å². The van der Waals surface area contributed by atoms with Gasteiger partial charge in [-0.15, -0.1) is 11.8 Å². The summed E-state index contributed by atoms with van der Waals surface area (Å²) in [7, 11) is 1.63. The molecule has 19 heavy (non-hydrogen) atoms. The minimum Gasteiger partial charge on any atom is -0.496 e. The lowest BCUT2D eigenvalue weighted by atomic mass is 10.2. The number of rotatable bonds is 8. The first-order valence-electron chi connectivity index (χ1n) is 6.37. The zero-order valence-corrected chi connectivity index (χ0v) is 12.3. The molecule has 0 aromatic heterocycles. The van der Waals surface area contributed by atoms with Crippen LogP contribution in [0.1, 0.15) is 18.9 Å². The third-order valence-corrected chi connectivity index (χ3v) is 3.97. The van der Waals surface area contributed by atoms with Gasteiger partial charge in [-0.05, 0) is 19.0 Å². The lowest BCUT2D eigenvalue weighted by molar-refractivity contribution is -0.118. The average molecular weight is 282 g/mol. The van der Waals surface area contributed by atoms with Crippen molar-refractivity contribution in [2.24, 2.45) is 5.73 Å². The second-order valence-corrected chi connectivity index (χ2v) is 5.71. The van der Waals surface area contributed by atoms with E-state index in [2.05, 4.69) is 12.2 Å². The van der Waals surface area contributed by atoms with Crippen molar-refractivity contribution in [3.05, 3.63) is 29.8 Å². The van der Waals surface area contributed by atoms with Crippen LogP contribution in [0.5, 0.6) is 5.75 Å². The van der Waals surface area contributed by atoms with E-state index in [1.807, 2.05) is 24.3 Å². The first-order valence-corrected chi connectivity index (χ1v) is 7.42. The molecular formula is C14H22N2O2S. The number of carbonyl (C=O) groups excluding carboxylic acids is 1. The number of carbonyl (C=O) groups is 1. The molecule has 1 aromatic rings. The SMILES string of the molecule is COc1ccccc1CNC(=O)CSC(C)CCN. The Kier molecular flexibility index (Phi) is 7.36. The molecule has 0 aliphatic heterocycles. The Labute approximate surface area is 119 Å². The largest absolute Gasteiger partial charge is 0.496 e. The summed E-state index contributed by atoms with van der Waals surface area (Å²) in [5.41, 5.74) is 6.46. The first kappa shape index (κ1) is 15.9. The number of thioether (sulfide) groups is 1. The van der Waals surface area contributed by atoms with Gasteiger partial charge < -0.3 is 15.8 Å². The molecule has 5 heteroatoms. The molecule has 3 N–H and O–H groups in total. The highest BCUT2D eigenvalue weighted by Crippen LogP contribution is 2.17. The van der Waals surface area contributed by atoms with Gasteiger partial charge in [0, 0.05) is 17.4 Å². The molecule has 4 nitrogen and oxygen atoms in total. The fourth-order valence-electron chi connectivity index (χ4n) is 1.63. The number of para-hydroxylation sites is 1. The van der Waals surface area contributed by atoms with Crippen LogP contribution in [0.2, 0.25) is 0 Å². The van der Waals surface area contributed by atoms with E-state index >= 15 is 0 Å². The molecule has 1 aromatic carbocycles. The van der Waals surface area contributed by atoms with Gasteiger partial charge in [-0.25, -0.2) is 0 Å². The summed E-state index contributed by atoms with van der Waals surface area (Å²) >= 11 is 1.63. The van der Waals surface area contributed by atoms with E-state index in [4.69, 9.17) is 10.5 Å². The highest BCUT2D eigenvalue weighted by molar-refractivity contribution is 8.00. The Bertz CT molecular complexity index is 399. The number of nitrogens with one attached hydrogen (secondary N) is 1. The smallest absolute Gasteiger partial charge is 0.230 e. The number of nitrogens with two attached hydrogens (primary N) is 1. The van der Waals surface area contributed by atoms with Crippen molar-refractivity contribution in [3.63, 3.8) is 0 Å². The second kappa shape index (κ2) is 8.82. The molecule has 0 saturated carbocycles. The van der Waals surface area contributed by atoms with Crippen molar-refractivity contribution in [2.75, 3.05) is 19.4 Å². The molecule has 0 radical (unpaired) electrons. The summed E-state index contributed by atoms with van der Waals surface area (Å²) in [6.07, 6.45) is 0.935. The molecule has 0 fully saturated rings. The summed E-state index contributed by atoms with van der Waals surface area (Å²) in [6.45, 7) is 3.25. The molecule has 0 spiro atoms. The summed E-state index contributed by atoms with van der Waals surface area (Å²) < 4.78 is 5.24. The van der Waals surface area contributed by atoms with Crippen LogP contribution >= 0.6 is 11.8 Å². The zero-order valence-electron chi connectivity index (χ0n) is 11.5. The third kappa shape index (κ3) is 5.98. The van der Waals surface area contributed by atoms with Crippen LogP contribution < -0.4 is 15.8 Å². The highest BCUT2D eigenvalue weighted by atomic mass is 32.2. The number of ether oxygens (including phenoxy) is 1. The fourth-order valence-corrected chi connectivity index (χ4v) is 2.47. The number of methoxy groups -OCH3 is 1. The van der Waals surface area contributed by atoms with E-state index in [1.165, 1.54) is 0 Å². The summed E-state index contributed by atoms with van der Waals surface area (Å²) in [6, 6.07) is 7.68. The standard InChI is InChI=1S/C14H22N2O2S/c1-11(7-8-15)19-10-14(17)16-9-12-5-3-4-6-13(12)18-2/h3-6,11H,7-10,15H2,1-2H3,(H,16,17). The van der Waals surface area contributed by atoms with Gasteiger partial charge in [0.25, 0.3) is 0 Å². The Morgan fingerprint density at radius 1 is 1.47 bits per heavy atom. The van der Waals surface area contributed by atoms with Crippen LogP contribution in [-0.2, 0) is 11.3 Å². The van der Waals surface area contributed by atoms with Gasteiger partial charge in [-0.2, -0.15) is 0 Å². The third-order valence-electron chi connectivity index (χ3n) is 2.74.